The van der Waals surface area contributed by atoms with Crippen molar-refractivity contribution < 1.29 is 4.74 Å². The van der Waals surface area contributed by atoms with Crippen LogP contribution < -0.4 is 10.2 Å². The fourth-order valence-electron chi connectivity index (χ4n) is 7.59. The molecule has 3 heteroatoms. The van der Waals surface area contributed by atoms with Crippen molar-refractivity contribution in [2.24, 2.45) is 0 Å². The monoisotopic (exact) mass is 678 g/mol. The number of rotatable bonds is 24. The Morgan fingerprint density at radius 3 is 1.66 bits per heavy atom. The second-order valence-electron chi connectivity index (χ2n) is 14.7. The maximum Gasteiger partial charge on any atom is 0.197 e. The molecule has 4 rings (SSSR count). The molecule has 0 fully saturated rings. The summed E-state index contributed by atoms with van der Waals surface area (Å²) in [5, 5.41) is 1.67. The van der Waals surface area contributed by atoms with Gasteiger partial charge in [0.25, 0.3) is 0 Å². The van der Waals surface area contributed by atoms with Crippen molar-refractivity contribution in [2.75, 3.05) is 6.61 Å². The van der Waals surface area contributed by atoms with Gasteiger partial charge in [0.05, 0.1) is 17.6 Å². The Hall–Kier alpha value is -3.33. The zero-order chi connectivity index (χ0) is 35.6. The predicted octanol–water partition coefficient (Wildman–Crippen LogP) is 14.0. The van der Waals surface area contributed by atoms with E-state index in [1.165, 1.54) is 107 Å². The molecule has 1 heterocycles. The highest BCUT2D eigenvalue weighted by atomic mass is 16.5. The second-order valence-corrected chi connectivity index (χ2v) is 14.7. The Labute approximate surface area is 304 Å². The summed E-state index contributed by atoms with van der Waals surface area (Å²) in [5.74, 6) is 0.919. The van der Waals surface area contributed by atoms with E-state index in [0.717, 1.165) is 83.1 Å². The normalized spacial score (nSPS) is 11.8. The molecule has 0 saturated carbocycles. The molecule has 3 nitrogen and oxygen atoms in total. The summed E-state index contributed by atoms with van der Waals surface area (Å²) in [6.45, 7) is 11.8. The maximum absolute atomic E-state index is 14.6. The lowest BCUT2D eigenvalue weighted by molar-refractivity contribution is 0.304. The minimum absolute atomic E-state index is 0.161. The lowest BCUT2D eigenvalue weighted by atomic mass is 9.94. The molecule has 0 aliphatic heterocycles. The molecular formula is C47H67NO2. The zero-order valence-corrected chi connectivity index (χ0v) is 32.4. The summed E-state index contributed by atoms with van der Waals surface area (Å²) in [6.07, 6.45) is 28.8. The Balaban J connectivity index is 1.81. The van der Waals surface area contributed by atoms with Crippen LogP contribution in [0.15, 0.2) is 59.4 Å². The van der Waals surface area contributed by atoms with E-state index in [0.29, 0.717) is 0 Å². The van der Waals surface area contributed by atoms with Crippen LogP contribution in [0.1, 0.15) is 166 Å². The van der Waals surface area contributed by atoms with Gasteiger partial charge in [-0.15, -0.1) is 0 Å². The van der Waals surface area contributed by atoms with Gasteiger partial charge in [-0.05, 0) is 111 Å². The number of aryl methyl sites for hydroxylation is 3. The highest BCUT2D eigenvalue weighted by Gasteiger charge is 2.19. The van der Waals surface area contributed by atoms with E-state index in [4.69, 9.17) is 4.74 Å². The van der Waals surface area contributed by atoms with Gasteiger partial charge in [0.15, 0.2) is 5.43 Å². The third kappa shape index (κ3) is 11.3. The van der Waals surface area contributed by atoms with Gasteiger partial charge in [-0.25, -0.2) is 0 Å². The summed E-state index contributed by atoms with van der Waals surface area (Å²) < 4.78 is 8.67. The SMILES string of the molecule is CC=Cc1cc(CCCCCCCC)c2c(c1)c(=O)c1cc(C)cc(CCCCCCCC)c1n2-c1ccc(OCCCCCCCC)cc1. The van der Waals surface area contributed by atoms with Crippen LogP contribution in [-0.4, -0.2) is 11.2 Å². The Bertz CT molecular complexity index is 1680. The van der Waals surface area contributed by atoms with E-state index < -0.39 is 0 Å². The van der Waals surface area contributed by atoms with Crippen molar-refractivity contribution in [3.8, 4) is 11.4 Å². The second kappa shape index (κ2) is 21.8. The largest absolute Gasteiger partial charge is 0.494 e. The van der Waals surface area contributed by atoms with Crippen LogP contribution in [0.2, 0.25) is 0 Å². The van der Waals surface area contributed by atoms with Crippen LogP contribution >= 0.6 is 0 Å². The molecule has 4 aromatic rings. The van der Waals surface area contributed by atoms with Crippen molar-refractivity contribution in [3.63, 3.8) is 0 Å². The first-order chi connectivity index (χ1) is 24.5. The summed E-state index contributed by atoms with van der Waals surface area (Å²) in [4.78, 5) is 14.6. The number of hydrogen-bond donors (Lipinski definition) is 0. The number of fused-ring (bicyclic) bond motifs is 2. The summed E-state index contributed by atoms with van der Waals surface area (Å²) in [6, 6.07) is 17.6. The zero-order valence-electron chi connectivity index (χ0n) is 32.4. The van der Waals surface area contributed by atoms with Crippen molar-refractivity contribution in [1.29, 1.82) is 0 Å². The molecule has 0 unspecified atom stereocenters. The third-order valence-electron chi connectivity index (χ3n) is 10.3. The van der Waals surface area contributed by atoms with Gasteiger partial charge in [-0.3, -0.25) is 4.79 Å². The van der Waals surface area contributed by atoms with Crippen LogP contribution in [0.25, 0.3) is 33.6 Å². The first-order valence-corrected chi connectivity index (χ1v) is 20.5. The molecule has 1 aromatic heterocycles. The Morgan fingerprint density at radius 1 is 0.600 bits per heavy atom. The maximum atomic E-state index is 14.6. The number of unbranched alkanes of at least 4 members (excludes halogenated alkanes) is 15. The Morgan fingerprint density at radius 2 is 1.10 bits per heavy atom. The summed E-state index contributed by atoms with van der Waals surface area (Å²) in [7, 11) is 0. The van der Waals surface area contributed by atoms with Gasteiger partial charge in [0.1, 0.15) is 5.75 Å². The average molecular weight is 678 g/mol. The van der Waals surface area contributed by atoms with E-state index in [1.807, 2.05) is 0 Å². The molecule has 50 heavy (non-hydrogen) atoms. The minimum Gasteiger partial charge on any atom is -0.494 e. The molecule has 0 spiro atoms. The number of aromatic nitrogens is 1. The fraction of sp³-hybridized carbons (Fsp3) is 0.553. The molecule has 0 N–H and O–H groups in total. The average Bonchev–Trinajstić information content (AvgIpc) is 3.12. The van der Waals surface area contributed by atoms with Crippen LogP contribution in [-0.2, 0) is 12.8 Å². The fourth-order valence-corrected chi connectivity index (χ4v) is 7.59. The van der Waals surface area contributed by atoms with Crippen LogP contribution in [0.5, 0.6) is 5.75 Å². The molecule has 0 radical (unpaired) electrons. The van der Waals surface area contributed by atoms with Crippen molar-refractivity contribution in [1.82, 2.24) is 4.57 Å². The standard InChI is InChI=1S/C47H67NO2/c1-6-10-13-16-19-22-26-39-33-37(5)34-43-45(39)48(41-28-30-42(31-29-41)50-32-24-21-18-15-12-8-3)46-40(27-23-20-17-14-11-7-2)35-38(25-9-4)36-44(46)47(43)49/h9,25,28-31,33-36H,6-8,10-24,26-27,32H2,1-5H3. The highest BCUT2D eigenvalue weighted by molar-refractivity contribution is 5.99. The van der Waals surface area contributed by atoms with Gasteiger partial charge < -0.3 is 9.30 Å². The van der Waals surface area contributed by atoms with Crippen molar-refractivity contribution in [2.45, 2.75) is 163 Å². The van der Waals surface area contributed by atoms with Gasteiger partial charge in [0, 0.05) is 16.5 Å². The van der Waals surface area contributed by atoms with E-state index in [2.05, 4.69) is 99.9 Å². The molecule has 0 saturated heterocycles. The lowest BCUT2D eigenvalue weighted by Gasteiger charge is -2.22. The molecule has 0 aliphatic rings. The Kier molecular flexibility index (Phi) is 17.2. The topological polar surface area (TPSA) is 31.2 Å². The number of hydrogen-bond acceptors (Lipinski definition) is 2. The van der Waals surface area contributed by atoms with Crippen molar-refractivity contribution >= 4 is 27.9 Å². The number of benzene rings is 3. The van der Waals surface area contributed by atoms with Gasteiger partial charge in [-0.2, -0.15) is 0 Å². The summed E-state index contributed by atoms with van der Waals surface area (Å²) >= 11 is 0. The van der Waals surface area contributed by atoms with Crippen LogP contribution in [0, 0.1) is 6.92 Å². The number of ether oxygens (including phenoxy) is 1. The number of pyridine rings is 1. The predicted molar refractivity (Wildman–Crippen MR) is 220 cm³/mol. The van der Waals surface area contributed by atoms with Gasteiger partial charge in [0.2, 0.25) is 0 Å². The third-order valence-corrected chi connectivity index (χ3v) is 10.3. The smallest absolute Gasteiger partial charge is 0.197 e. The van der Waals surface area contributed by atoms with Gasteiger partial charge >= 0.3 is 0 Å². The van der Waals surface area contributed by atoms with E-state index in [-0.39, 0.29) is 5.43 Å². The molecule has 0 amide bonds. The first-order valence-electron chi connectivity index (χ1n) is 20.5. The summed E-state index contributed by atoms with van der Waals surface area (Å²) in [5.41, 5.74) is 8.28. The number of allylic oxidation sites excluding steroid dienone is 1. The molecular weight excluding hydrogens is 611 g/mol. The van der Waals surface area contributed by atoms with E-state index in [9.17, 15) is 4.79 Å². The van der Waals surface area contributed by atoms with Gasteiger partial charge in [-0.1, -0.05) is 135 Å². The number of nitrogens with zero attached hydrogens (tertiary/aromatic N) is 1. The van der Waals surface area contributed by atoms with Crippen LogP contribution in [0.3, 0.4) is 0 Å². The van der Waals surface area contributed by atoms with Crippen LogP contribution in [0.4, 0.5) is 0 Å². The molecule has 272 valence electrons. The highest BCUT2D eigenvalue weighted by Crippen LogP contribution is 2.33. The lowest BCUT2D eigenvalue weighted by Crippen LogP contribution is -2.15. The van der Waals surface area contributed by atoms with Crippen molar-refractivity contribution in [3.05, 3.63) is 87.1 Å². The molecule has 0 bridgehead atoms. The van der Waals surface area contributed by atoms with E-state index in [1.54, 1.807) is 0 Å². The molecule has 0 aliphatic carbocycles. The molecule has 0 atom stereocenters. The molecule has 3 aromatic carbocycles. The van der Waals surface area contributed by atoms with E-state index >= 15 is 0 Å². The first kappa shape index (κ1) is 39.5. The minimum atomic E-state index is 0.161. The quantitative estimate of drug-likeness (QED) is 0.0546.